The number of nitrogens with zero attached hydrogens (tertiary/aromatic N) is 1. The van der Waals surface area contributed by atoms with E-state index in [1.54, 1.807) is 12.3 Å². The Labute approximate surface area is 161 Å². The molecule has 0 bridgehead atoms. The summed E-state index contributed by atoms with van der Waals surface area (Å²) < 4.78 is 0. The van der Waals surface area contributed by atoms with Gasteiger partial charge < -0.3 is 10.6 Å². The van der Waals surface area contributed by atoms with Crippen molar-refractivity contribution in [3.8, 4) is 11.1 Å². The van der Waals surface area contributed by atoms with Gasteiger partial charge >= 0.3 is 6.03 Å². The van der Waals surface area contributed by atoms with Crippen LogP contribution in [0.4, 0.5) is 16.2 Å². The van der Waals surface area contributed by atoms with Gasteiger partial charge in [-0.3, -0.25) is 4.98 Å². The number of carbonyl (C=O) groups excluding carboxylic acids is 1. The van der Waals surface area contributed by atoms with Crippen LogP contribution in [-0.4, -0.2) is 11.0 Å². The molecule has 0 unspecified atom stereocenters. The molecule has 0 aliphatic rings. The second-order valence-electron chi connectivity index (χ2n) is 6.02. The fraction of sp³-hybridized carbons (Fsp3) is 0. The zero-order valence-electron chi connectivity index (χ0n) is 14.3. The molecule has 3 aromatic carbocycles. The van der Waals surface area contributed by atoms with Crippen LogP contribution in [0.1, 0.15) is 0 Å². The number of aromatic nitrogens is 1. The van der Waals surface area contributed by atoms with Crippen LogP contribution in [0.3, 0.4) is 0 Å². The minimum Gasteiger partial charge on any atom is -0.308 e. The molecule has 132 valence electrons. The standard InChI is InChI=1S/C22H16ClN3O/c23-16-11-12-19-18(13-16)21(15-7-3-1-4-8-15)20(14-24-19)26-22(27)25-17-9-5-2-6-10-17/h1-14H,(H2,25,26,27). The van der Waals surface area contributed by atoms with Crippen molar-refractivity contribution in [2.45, 2.75) is 0 Å². The third-order valence-electron chi connectivity index (χ3n) is 4.17. The smallest absolute Gasteiger partial charge is 0.308 e. The second-order valence-corrected chi connectivity index (χ2v) is 6.46. The van der Waals surface area contributed by atoms with Crippen molar-refractivity contribution >= 4 is 39.9 Å². The first-order chi connectivity index (χ1) is 13.2. The number of rotatable bonds is 3. The molecule has 0 atom stereocenters. The number of nitrogens with one attached hydrogen (secondary N) is 2. The van der Waals surface area contributed by atoms with E-state index < -0.39 is 0 Å². The van der Waals surface area contributed by atoms with Gasteiger partial charge in [-0.1, -0.05) is 60.1 Å². The van der Waals surface area contributed by atoms with Crippen LogP contribution >= 0.6 is 11.6 Å². The summed E-state index contributed by atoms with van der Waals surface area (Å²) >= 11 is 6.22. The predicted molar refractivity (Wildman–Crippen MR) is 111 cm³/mol. The summed E-state index contributed by atoms with van der Waals surface area (Å²) in [6.07, 6.45) is 1.67. The molecule has 2 N–H and O–H groups in total. The molecule has 2 amide bonds. The first-order valence-electron chi connectivity index (χ1n) is 8.47. The van der Waals surface area contributed by atoms with E-state index in [0.717, 1.165) is 22.0 Å². The van der Waals surface area contributed by atoms with Crippen LogP contribution in [0.5, 0.6) is 0 Å². The van der Waals surface area contributed by atoms with E-state index in [1.807, 2.05) is 72.8 Å². The van der Waals surface area contributed by atoms with Crippen molar-refractivity contribution < 1.29 is 4.79 Å². The Hall–Kier alpha value is -3.37. The van der Waals surface area contributed by atoms with Crippen LogP contribution in [-0.2, 0) is 0 Å². The number of hydrogen-bond donors (Lipinski definition) is 2. The summed E-state index contributed by atoms with van der Waals surface area (Å²) in [5, 5.41) is 7.24. The van der Waals surface area contributed by atoms with Crippen molar-refractivity contribution in [2.75, 3.05) is 10.6 Å². The Morgan fingerprint density at radius 1 is 0.852 bits per heavy atom. The molecule has 1 heterocycles. The molecular formula is C22H16ClN3O. The molecule has 27 heavy (non-hydrogen) atoms. The monoisotopic (exact) mass is 373 g/mol. The van der Waals surface area contributed by atoms with Gasteiger partial charge in [-0.25, -0.2) is 4.79 Å². The maximum Gasteiger partial charge on any atom is 0.323 e. The van der Waals surface area contributed by atoms with Gasteiger partial charge in [0.2, 0.25) is 0 Å². The third kappa shape index (κ3) is 3.76. The van der Waals surface area contributed by atoms with Crippen LogP contribution < -0.4 is 10.6 Å². The average molecular weight is 374 g/mol. The Kier molecular flexibility index (Phi) is 4.73. The van der Waals surface area contributed by atoms with Crippen molar-refractivity contribution in [3.63, 3.8) is 0 Å². The molecule has 4 rings (SSSR count). The highest BCUT2D eigenvalue weighted by Crippen LogP contribution is 2.35. The first-order valence-corrected chi connectivity index (χ1v) is 8.85. The number of para-hydroxylation sites is 1. The summed E-state index contributed by atoms with van der Waals surface area (Å²) in [6.45, 7) is 0. The predicted octanol–water partition coefficient (Wildman–Crippen LogP) is 6.20. The van der Waals surface area contributed by atoms with Crippen LogP contribution in [0, 0.1) is 0 Å². The highest BCUT2D eigenvalue weighted by molar-refractivity contribution is 6.31. The molecule has 0 aliphatic carbocycles. The molecule has 1 aromatic heterocycles. The fourth-order valence-electron chi connectivity index (χ4n) is 2.98. The van der Waals surface area contributed by atoms with Gasteiger partial charge in [0.1, 0.15) is 0 Å². The van der Waals surface area contributed by atoms with E-state index in [0.29, 0.717) is 16.4 Å². The summed E-state index contributed by atoms with van der Waals surface area (Å²) in [7, 11) is 0. The SMILES string of the molecule is O=C(Nc1ccccc1)Nc1cnc2ccc(Cl)cc2c1-c1ccccc1. The number of carbonyl (C=O) groups is 1. The molecule has 0 saturated heterocycles. The molecule has 5 heteroatoms. The quantitative estimate of drug-likeness (QED) is 0.449. The van der Waals surface area contributed by atoms with E-state index in [1.165, 1.54) is 0 Å². The first kappa shape index (κ1) is 17.1. The molecule has 0 radical (unpaired) electrons. The van der Waals surface area contributed by atoms with Crippen molar-refractivity contribution in [2.24, 2.45) is 0 Å². The van der Waals surface area contributed by atoms with E-state index in [-0.39, 0.29) is 6.03 Å². The second kappa shape index (κ2) is 7.48. The van der Waals surface area contributed by atoms with E-state index in [9.17, 15) is 4.79 Å². The molecule has 0 aliphatic heterocycles. The molecule has 4 nitrogen and oxygen atoms in total. The number of anilines is 2. The fourth-order valence-corrected chi connectivity index (χ4v) is 3.15. The van der Waals surface area contributed by atoms with E-state index >= 15 is 0 Å². The van der Waals surface area contributed by atoms with Gasteiger partial charge in [0.05, 0.1) is 17.4 Å². The third-order valence-corrected chi connectivity index (χ3v) is 4.41. The highest BCUT2D eigenvalue weighted by atomic mass is 35.5. The lowest BCUT2D eigenvalue weighted by Crippen LogP contribution is -2.20. The Morgan fingerprint density at radius 3 is 2.30 bits per heavy atom. The number of pyridine rings is 1. The number of benzene rings is 3. The summed E-state index contributed by atoms with van der Waals surface area (Å²) in [6, 6.07) is 24.4. The van der Waals surface area contributed by atoms with Crippen LogP contribution in [0.25, 0.3) is 22.0 Å². The largest absolute Gasteiger partial charge is 0.323 e. The van der Waals surface area contributed by atoms with Gasteiger partial charge in [0.25, 0.3) is 0 Å². The lowest BCUT2D eigenvalue weighted by molar-refractivity contribution is 0.262. The minimum absolute atomic E-state index is 0.332. The summed E-state index contributed by atoms with van der Waals surface area (Å²) in [5.41, 5.74) is 4.00. The minimum atomic E-state index is -0.332. The van der Waals surface area contributed by atoms with Gasteiger partial charge in [-0.2, -0.15) is 0 Å². The summed E-state index contributed by atoms with van der Waals surface area (Å²) in [5.74, 6) is 0. The number of fused-ring (bicyclic) bond motifs is 1. The normalized spacial score (nSPS) is 10.6. The number of halogens is 1. The highest BCUT2D eigenvalue weighted by Gasteiger charge is 2.14. The zero-order chi connectivity index (χ0) is 18.6. The van der Waals surface area contributed by atoms with Gasteiger partial charge in [0, 0.05) is 21.7 Å². The van der Waals surface area contributed by atoms with Crippen LogP contribution in [0.2, 0.25) is 5.02 Å². The van der Waals surface area contributed by atoms with Crippen molar-refractivity contribution in [1.82, 2.24) is 4.98 Å². The maximum absolute atomic E-state index is 12.5. The van der Waals surface area contributed by atoms with Gasteiger partial charge in [-0.15, -0.1) is 0 Å². The lowest BCUT2D eigenvalue weighted by atomic mass is 9.99. The Bertz CT molecular complexity index is 1100. The number of amides is 2. The molecule has 0 fully saturated rings. The van der Waals surface area contributed by atoms with Crippen molar-refractivity contribution in [3.05, 3.63) is 90.1 Å². The van der Waals surface area contributed by atoms with Gasteiger partial charge in [0.15, 0.2) is 0 Å². The van der Waals surface area contributed by atoms with Crippen molar-refractivity contribution in [1.29, 1.82) is 0 Å². The number of urea groups is 1. The Morgan fingerprint density at radius 2 is 1.56 bits per heavy atom. The molecule has 0 spiro atoms. The van der Waals surface area contributed by atoms with Gasteiger partial charge in [-0.05, 0) is 35.9 Å². The topological polar surface area (TPSA) is 54.0 Å². The maximum atomic E-state index is 12.5. The molecule has 0 saturated carbocycles. The van der Waals surface area contributed by atoms with E-state index in [4.69, 9.17) is 11.6 Å². The zero-order valence-corrected chi connectivity index (χ0v) is 15.1. The summed E-state index contributed by atoms with van der Waals surface area (Å²) in [4.78, 5) is 17.0. The Balaban J connectivity index is 1.77. The van der Waals surface area contributed by atoms with Crippen LogP contribution in [0.15, 0.2) is 85.1 Å². The average Bonchev–Trinajstić information content (AvgIpc) is 2.69. The lowest BCUT2D eigenvalue weighted by Gasteiger charge is -2.15. The molecule has 4 aromatic rings. The van der Waals surface area contributed by atoms with E-state index in [2.05, 4.69) is 15.6 Å². The number of hydrogen-bond acceptors (Lipinski definition) is 2. The molecular weight excluding hydrogens is 358 g/mol.